The molecule has 0 fully saturated rings. The summed E-state index contributed by atoms with van der Waals surface area (Å²) in [7, 11) is 0. The van der Waals surface area contributed by atoms with Gasteiger partial charge in [0.1, 0.15) is 0 Å². The Kier molecular flexibility index (Phi) is 7.92. The smallest absolute Gasteiger partial charge is 0.0331 e. The molecule has 0 radical (unpaired) electrons. The SMILES string of the molecule is C=C=CCC(CCCN)C(N)C=C=C. The van der Waals surface area contributed by atoms with E-state index in [2.05, 4.69) is 24.6 Å². The average molecular weight is 192 g/mol. The first-order valence-corrected chi connectivity index (χ1v) is 4.92. The molecule has 2 heteroatoms. The lowest BCUT2D eigenvalue weighted by Crippen LogP contribution is -2.28. The van der Waals surface area contributed by atoms with Gasteiger partial charge < -0.3 is 11.5 Å². The molecule has 14 heavy (non-hydrogen) atoms. The lowest BCUT2D eigenvalue weighted by molar-refractivity contribution is 0.434. The third-order valence-electron chi connectivity index (χ3n) is 2.20. The Balaban J connectivity index is 4.20. The van der Waals surface area contributed by atoms with Gasteiger partial charge in [-0.1, -0.05) is 13.2 Å². The minimum absolute atomic E-state index is 0.00338. The molecule has 0 rings (SSSR count). The fourth-order valence-electron chi connectivity index (χ4n) is 1.35. The number of rotatable bonds is 7. The van der Waals surface area contributed by atoms with Gasteiger partial charge in [0, 0.05) is 6.04 Å². The molecule has 0 aromatic rings. The molecule has 0 saturated carbocycles. The third-order valence-corrected chi connectivity index (χ3v) is 2.20. The molecule has 2 atom stereocenters. The van der Waals surface area contributed by atoms with Crippen molar-refractivity contribution in [1.29, 1.82) is 0 Å². The van der Waals surface area contributed by atoms with E-state index in [-0.39, 0.29) is 6.04 Å². The maximum Gasteiger partial charge on any atom is 0.0331 e. The highest BCUT2D eigenvalue weighted by molar-refractivity contribution is 4.95. The van der Waals surface area contributed by atoms with Gasteiger partial charge in [-0.05, 0) is 43.9 Å². The van der Waals surface area contributed by atoms with E-state index in [1.807, 2.05) is 6.08 Å². The van der Waals surface area contributed by atoms with Crippen molar-refractivity contribution in [2.75, 3.05) is 6.54 Å². The second-order valence-electron chi connectivity index (χ2n) is 3.28. The lowest BCUT2D eigenvalue weighted by Gasteiger charge is -2.18. The van der Waals surface area contributed by atoms with Crippen LogP contribution >= 0.6 is 0 Å². The Hall–Kier alpha value is -1.04. The standard InChI is InChI=1S/C12H20N2/c1-3-5-8-11(9-6-10-13)12(14)7-4-2/h5,7,11-12H,1-2,6,8-10,13-14H2. The first-order chi connectivity index (χ1) is 6.76. The van der Waals surface area contributed by atoms with Crippen LogP contribution in [0.2, 0.25) is 0 Å². The van der Waals surface area contributed by atoms with E-state index >= 15 is 0 Å². The summed E-state index contributed by atoms with van der Waals surface area (Å²) in [6.07, 6.45) is 6.63. The maximum absolute atomic E-state index is 5.94. The van der Waals surface area contributed by atoms with Crippen molar-refractivity contribution in [3.05, 3.63) is 36.8 Å². The van der Waals surface area contributed by atoms with Gasteiger partial charge in [-0.15, -0.1) is 11.5 Å². The van der Waals surface area contributed by atoms with Gasteiger partial charge in [0.15, 0.2) is 0 Å². The molecule has 0 aliphatic rings. The second-order valence-corrected chi connectivity index (χ2v) is 3.28. The Morgan fingerprint density at radius 1 is 1.29 bits per heavy atom. The van der Waals surface area contributed by atoms with Crippen LogP contribution < -0.4 is 11.5 Å². The van der Waals surface area contributed by atoms with E-state index < -0.39 is 0 Å². The van der Waals surface area contributed by atoms with Crippen LogP contribution in [0.15, 0.2) is 36.8 Å². The van der Waals surface area contributed by atoms with Crippen molar-refractivity contribution in [3.63, 3.8) is 0 Å². The fourth-order valence-corrected chi connectivity index (χ4v) is 1.35. The summed E-state index contributed by atoms with van der Waals surface area (Å²) in [5.74, 6) is 0.391. The van der Waals surface area contributed by atoms with Gasteiger partial charge in [-0.25, -0.2) is 0 Å². The van der Waals surface area contributed by atoms with Crippen molar-refractivity contribution in [2.24, 2.45) is 17.4 Å². The van der Waals surface area contributed by atoms with E-state index in [0.29, 0.717) is 12.5 Å². The van der Waals surface area contributed by atoms with E-state index in [4.69, 9.17) is 11.5 Å². The van der Waals surface area contributed by atoms with Gasteiger partial charge in [-0.3, -0.25) is 0 Å². The maximum atomic E-state index is 5.94. The largest absolute Gasteiger partial charge is 0.330 e. The molecule has 0 bridgehead atoms. The lowest BCUT2D eigenvalue weighted by atomic mass is 9.91. The molecule has 0 saturated heterocycles. The Morgan fingerprint density at radius 3 is 2.50 bits per heavy atom. The van der Waals surface area contributed by atoms with Gasteiger partial charge in [0.25, 0.3) is 0 Å². The first-order valence-electron chi connectivity index (χ1n) is 4.92. The molecule has 0 aromatic heterocycles. The highest BCUT2D eigenvalue weighted by Gasteiger charge is 2.13. The summed E-state index contributed by atoms with van der Waals surface area (Å²) >= 11 is 0. The molecular formula is C12H20N2. The zero-order valence-corrected chi connectivity index (χ0v) is 8.71. The van der Waals surface area contributed by atoms with Gasteiger partial charge >= 0.3 is 0 Å². The minimum atomic E-state index is 0.00338. The third kappa shape index (κ3) is 5.58. The molecule has 2 nitrogen and oxygen atoms in total. The van der Waals surface area contributed by atoms with Crippen LogP contribution in [0.5, 0.6) is 0 Å². The molecule has 0 spiro atoms. The van der Waals surface area contributed by atoms with Crippen LogP contribution in [0.1, 0.15) is 19.3 Å². The number of hydrogen-bond donors (Lipinski definition) is 2. The highest BCUT2D eigenvalue weighted by atomic mass is 14.6. The van der Waals surface area contributed by atoms with Crippen LogP contribution in [0.25, 0.3) is 0 Å². The summed E-state index contributed by atoms with van der Waals surface area (Å²) < 4.78 is 0. The van der Waals surface area contributed by atoms with Crippen LogP contribution in [0, 0.1) is 5.92 Å². The monoisotopic (exact) mass is 192 g/mol. The van der Waals surface area contributed by atoms with Crippen molar-refractivity contribution in [2.45, 2.75) is 25.3 Å². The zero-order valence-electron chi connectivity index (χ0n) is 8.71. The molecule has 0 aliphatic heterocycles. The van der Waals surface area contributed by atoms with Gasteiger partial charge in [0.05, 0.1) is 0 Å². The van der Waals surface area contributed by atoms with E-state index in [0.717, 1.165) is 19.3 Å². The zero-order chi connectivity index (χ0) is 10.8. The molecule has 78 valence electrons. The summed E-state index contributed by atoms with van der Waals surface area (Å²) in [6, 6.07) is 0.00338. The molecule has 0 aromatic carbocycles. The van der Waals surface area contributed by atoms with Crippen molar-refractivity contribution in [3.8, 4) is 0 Å². The Morgan fingerprint density at radius 2 is 2.00 bits per heavy atom. The van der Waals surface area contributed by atoms with Crippen LogP contribution in [0.3, 0.4) is 0 Å². The second kappa shape index (κ2) is 8.55. The molecule has 0 aliphatic carbocycles. The van der Waals surface area contributed by atoms with Crippen LogP contribution in [0.4, 0.5) is 0 Å². The summed E-state index contributed by atoms with van der Waals surface area (Å²) in [5, 5.41) is 0. The van der Waals surface area contributed by atoms with Crippen molar-refractivity contribution in [1.82, 2.24) is 0 Å². The normalized spacial score (nSPS) is 13.6. The Bertz CT molecular complexity index is 233. The van der Waals surface area contributed by atoms with Crippen molar-refractivity contribution < 1.29 is 0 Å². The van der Waals surface area contributed by atoms with Crippen LogP contribution in [-0.2, 0) is 0 Å². The average Bonchev–Trinajstić information content (AvgIpc) is 2.18. The molecular weight excluding hydrogens is 172 g/mol. The molecule has 0 heterocycles. The quantitative estimate of drug-likeness (QED) is 0.604. The topological polar surface area (TPSA) is 52.0 Å². The number of allylic oxidation sites excluding steroid dienone is 1. The number of hydrogen-bond acceptors (Lipinski definition) is 2. The van der Waals surface area contributed by atoms with Gasteiger partial charge in [0.2, 0.25) is 0 Å². The van der Waals surface area contributed by atoms with E-state index in [9.17, 15) is 0 Å². The fraction of sp³-hybridized carbons (Fsp3) is 0.500. The predicted octanol–water partition coefficient (Wildman–Crippen LogP) is 1.74. The number of nitrogens with two attached hydrogens (primary N) is 2. The van der Waals surface area contributed by atoms with Crippen molar-refractivity contribution >= 4 is 0 Å². The first kappa shape index (κ1) is 13.0. The molecule has 2 unspecified atom stereocenters. The summed E-state index contributed by atoms with van der Waals surface area (Å²) in [5.41, 5.74) is 16.9. The highest BCUT2D eigenvalue weighted by Crippen LogP contribution is 2.15. The Labute approximate surface area is 86.7 Å². The van der Waals surface area contributed by atoms with E-state index in [1.54, 1.807) is 6.08 Å². The minimum Gasteiger partial charge on any atom is -0.330 e. The van der Waals surface area contributed by atoms with E-state index in [1.165, 1.54) is 0 Å². The molecule has 4 N–H and O–H groups in total. The van der Waals surface area contributed by atoms with Gasteiger partial charge in [-0.2, -0.15) is 0 Å². The predicted molar refractivity (Wildman–Crippen MR) is 61.8 cm³/mol. The summed E-state index contributed by atoms with van der Waals surface area (Å²) in [6.45, 7) is 7.76. The molecule has 0 amide bonds. The summed E-state index contributed by atoms with van der Waals surface area (Å²) in [4.78, 5) is 0. The van der Waals surface area contributed by atoms with Crippen LogP contribution in [-0.4, -0.2) is 12.6 Å².